The van der Waals surface area contributed by atoms with Crippen LogP contribution in [0.4, 0.5) is 5.69 Å². The summed E-state index contributed by atoms with van der Waals surface area (Å²) < 4.78 is 0. The molecule has 0 saturated heterocycles. The second-order valence-corrected chi connectivity index (χ2v) is 2.93. The number of ketones is 1. The van der Waals surface area contributed by atoms with Gasteiger partial charge in [0.25, 0.3) is 0 Å². The first-order valence-corrected chi connectivity index (χ1v) is 4.11. The Kier molecular flexibility index (Phi) is 3.46. The van der Waals surface area contributed by atoms with Crippen molar-refractivity contribution < 1.29 is 4.79 Å². The number of nitrogens with one attached hydrogen (secondary N) is 1. The van der Waals surface area contributed by atoms with E-state index in [1.165, 1.54) is 13.1 Å². The highest BCUT2D eigenvalue weighted by atomic mass is 35.5. The van der Waals surface area contributed by atoms with E-state index in [-0.39, 0.29) is 5.78 Å². The number of hydrazone groups is 1. The number of anilines is 1. The number of carbonyl (C=O) groups excluding carboxylic acids is 1. The van der Waals surface area contributed by atoms with Gasteiger partial charge in [0.05, 0.1) is 11.9 Å². The van der Waals surface area contributed by atoms with Crippen molar-refractivity contribution in [1.29, 1.82) is 0 Å². The fourth-order valence-electron chi connectivity index (χ4n) is 0.756. The molecule has 0 aliphatic carbocycles. The molecule has 1 N–H and O–H groups in total. The first kappa shape index (κ1) is 9.74. The lowest BCUT2D eigenvalue weighted by Crippen LogP contribution is -1.95. The number of Topliss-reactive ketones (excluding diaryl/α,β-unsaturated/α-hetero) is 1. The van der Waals surface area contributed by atoms with Crippen molar-refractivity contribution in [3.8, 4) is 0 Å². The van der Waals surface area contributed by atoms with Gasteiger partial charge in [0.1, 0.15) is 0 Å². The van der Waals surface area contributed by atoms with Crippen LogP contribution in [-0.2, 0) is 4.79 Å². The third-order valence-corrected chi connectivity index (χ3v) is 1.50. The summed E-state index contributed by atoms with van der Waals surface area (Å²) in [5, 5.41) is 4.33. The van der Waals surface area contributed by atoms with Crippen molar-refractivity contribution in [3.05, 3.63) is 29.3 Å². The van der Waals surface area contributed by atoms with Crippen LogP contribution < -0.4 is 5.43 Å². The number of rotatable bonds is 3. The quantitative estimate of drug-likeness (QED) is 0.596. The van der Waals surface area contributed by atoms with Gasteiger partial charge in [-0.1, -0.05) is 17.7 Å². The van der Waals surface area contributed by atoms with E-state index in [2.05, 4.69) is 10.5 Å². The molecule has 68 valence electrons. The van der Waals surface area contributed by atoms with Crippen molar-refractivity contribution >= 4 is 29.3 Å². The van der Waals surface area contributed by atoms with Crippen molar-refractivity contribution in [2.75, 3.05) is 5.43 Å². The molecule has 4 heteroatoms. The zero-order valence-electron chi connectivity index (χ0n) is 7.12. The fourth-order valence-corrected chi connectivity index (χ4v) is 0.946. The van der Waals surface area contributed by atoms with Crippen molar-refractivity contribution in [2.24, 2.45) is 5.10 Å². The van der Waals surface area contributed by atoms with E-state index < -0.39 is 0 Å². The number of halogens is 1. The summed E-state index contributed by atoms with van der Waals surface area (Å²) in [6.45, 7) is 1.43. The van der Waals surface area contributed by atoms with Crippen LogP contribution in [0.1, 0.15) is 6.92 Å². The average Bonchev–Trinajstić information content (AvgIpc) is 2.03. The van der Waals surface area contributed by atoms with E-state index in [1.807, 2.05) is 6.07 Å². The van der Waals surface area contributed by atoms with Gasteiger partial charge in [0.2, 0.25) is 0 Å². The highest BCUT2D eigenvalue weighted by Crippen LogP contribution is 2.14. The Labute approximate surface area is 81.4 Å². The lowest BCUT2D eigenvalue weighted by Gasteiger charge is -1.98. The molecule has 1 rings (SSSR count). The minimum absolute atomic E-state index is 0.102. The first-order chi connectivity index (χ1) is 6.18. The third-order valence-electron chi connectivity index (χ3n) is 1.26. The van der Waals surface area contributed by atoms with Crippen LogP contribution in [0.5, 0.6) is 0 Å². The maximum atomic E-state index is 10.5. The molecule has 0 unspecified atom stereocenters. The van der Waals surface area contributed by atoms with Gasteiger partial charge in [-0.15, -0.1) is 0 Å². The first-order valence-electron chi connectivity index (χ1n) is 3.73. The molecule has 0 heterocycles. The summed E-state index contributed by atoms with van der Waals surface area (Å²) in [7, 11) is 0. The molecular weight excluding hydrogens is 188 g/mol. The van der Waals surface area contributed by atoms with Crippen LogP contribution in [0.3, 0.4) is 0 Å². The van der Waals surface area contributed by atoms with Gasteiger partial charge in [0.15, 0.2) is 5.78 Å². The van der Waals surface area contributed by atoms with Crippen LogP contribution in [0.15, 0.2) is 29.4 Å². The summed E-state index contributed by atoms with van der Waals surface area (Å²) in [5.41, 5.74) is 3.44. The summed E-state index contributed by atoms with van der Waals surface area (Å²) in [5.74, 6) is -0.102. The SMILES string of the molecule is CC(=O)/C=N/Nc1cccc(Cl)c1. The van der Waals surface area contributed by atoms with E-state index in [4.69, 9.17) is 11.6 Å². The molecule has 3 nitrogen and oxygen atoms in total. The summed E-state index contributed by atoms with van der Waals surface area (Å²) in [6, 6.07) is 7.10. The van der Waals surface area contributed by atoms with Crippen molar-refractivity contribution in [2.45, 2.75) is 6.92 Å². The lowest BCUT2D eigenvalue weighted by atomic mass is 10.3. The van der Waals surface area contributed by atoms with Gasteiger partial charge in [-0.2, -0.15) is 5.10 Å². The molecular formula is C9H9ClN2O. The molecule has 0 aliphatic rings. The third kappa shape index (κ3) is 3.71. The molecule has 0 fully saturated rings. The average molecular weight is 197 g/mol. The molecule has 0 aromatic heterocycles. The smallest absolute Gasteiger partial charge is 0.172 e. The second-order valence-electron chi connectivity index (χ2n) is 2.49. The van der Waals surface area contributed by atoms with Gasteiger partial charge in [-0.3, -0.25) is 10.2 Å². The monoisotopic (exact) mass is 196 g/mol. The Morgan fingerprint density at radius 1 is 1.62 bits per heavy atom. The highest BCUT2D eigenvalue weighted by molar-refractivity contribution is 6.30. The molecule has 0 atom stereocenters. The van der Waals surface area contributed by atoms with Gasteiger partial charge in [-0.05, 0) is 18.2 Å². The molecule has 0 aliphatic heterocycles. The van der Waals surface area contributed by atoms with Crippen LogP contribution in [0, 0.1) is 0 Å². The molecule has 1 aromatic rings. The molecule has 0 amide bonds. The second kappa shape index (κ2) is 4.62. The van der Waals surface area contributed by atoms with Crippen LogP contribution in [-0.4, -0.2) is 12.0 Å². The minimum Gasteiger partial charge on any atom is -0.293 e. The van der Waals surface area contributed by atoms with E-state index in [0.717, 1.165) is 5.69 Å². The van der Waals surface area contributed by atoms with Crippen molar-refractivity contribution in [1.82, 2.24) is 0 Å². The molecule has 0 saturated carbocycles. The molecule has 13 heavy (non-hydrogen) atoms. The Hall–Kier alpha value is -1.35. The highest BCUT2D eigenvalue weighted by Gasteiger charge is 1.90. The summed E-state index contributed by atoms with van der Waals surface area (Å²) in [4.78, 5) is 10.5. The maximum absolute atomic E-state index is 10.5. The largest absolute Gasteiger partial charge is 0.293 e. The van der Waals surface area contributed by atoms with Gasteiger partial charge >= 0.3 is 0 Å². The van der Waals surface area contributed by atoms with Crippen molar-refractivity contribution in [3.63, 3.8) is 0 Å². The number of hydrogen-bond donors (Lipinski definition) is 1. The number of carbonyl (C=O) groups is 1. The predicted molar refractivity (Wildman–Crippen MR) is 54.2 cm³/mol. The van der Waals surface area contributed by atoms with Crippen LogP contribution in [0.2, 0.25) is 5.02 Å². The van der Waals surface area contributed by atoms with Gasteiger partial charge in [0, 0.05) is 11.9 Å². The van der Waals surface area contributed by atoms with E-state index in [0.29, 0.717) is 5.02 Å². The summed E-state index contributed by atoms with van der Waals surface area (Å²) in [6.07, 6.45) is 1.21. The number of benzene rings is 1. The Morgan fingerprint density at radius 3 is 3.00 bits per heavy atom. The zero-order valence-corrected chi connectivity index (χ0v) is 7.88. The van der Waals surface area contributed by atoms with Crippen LogP contribution >= 0.6 is 11.6 Å². The molecule has 0 radical (unpaired) electrons. The maximum Gasteiger partial charge on any atom is 0.172 e. The Balaban J connectivity index is 2.59. The standard InChI is InChI=1S/C9H9ClN2O/c1-7(13)6-11-12-9-4-2-3-8(10)5-9/h2-6,12H,1H3/b11-6+. The number of hydrogen-bond acceptors (Lipinski definition) is 3. The van der Waals surface area contributed by atoms with E-state index >= 15 is 0 Å². The van der Waals surface area contributed by atoms with Gasteiger partial charge < -0.3 is 0 Å². The molecule has 1 aromatic carbocycles. The topological polar surface area (TPSA) is 41.5 Å². The lowest BCUT2D eigenvalue weighted by molar-refractivity contribution is -0.110. The normalized spacial score (nSPS) is 10.3. The molecule has 0 bridgehead atoms. The van der Waals surface area contributed by atoms with E-state index in [1.54, 1.807) is 18.2 Å². The Morgan fingerprint density at radius 2 is 2.38 bits per heavy atom. The van der Waals surface area contributed by atoms with Gasteiger partial charge in [-0.25, -0.2) is 0 Å². The Bertz CT molecular complexity index is 336. The fraction of sp³-hybridized carbons (Fsp3) is 0.111. The zero-order chi connectivity index (χ0) is 9.68. The number of nitrogens with zero attached hydrogens (tertiary/aromatic N) is 1. The molecule has 0 spiro atoms. The van der Waals surface area contributed by atoms with Crippen LogP contribution in [0.25, 0.3) is 0 Å². The summed E-state index contributed by atoms with van der Waals surface area (Å²) >= 11 is 5.73. The van der Waals surface area contributed by atoms with E-state index in [9.17, 15) is 4.79 Å². The minimum atomic E-state index is -0.102. The predicted octanol–water partition coefficient (Wildman–Crippen LogP) is 2.33.